The Balaban J connectivity index is 1.73. The van der Waals surface area contributed by atoms with Crippen molar-refractivity contribution in [3.63, 3.8) is 0 Å². The molecule has 0 amide bonds. The van der Waals surface area contributed by atoms with E-state index in [0.29, 0.717) is 29.0 Å². The molecule has 1 N–H and O–H groups in total. The number of ether oxygens (including phenoxy) is 1. The summed E-state index contributed by atoms with van der Waals surface area (Å²) in [5.41, 5.74) is 1.92. The first-order chi connectivity index (χ1) is 13.2. The number of carbonyl (C=O) groups excluding carboxylic acids is 1. The average molecular weight is 362 g/mol. The molecule has 2 aromatic carbocycles. The molecule has 0 aliphatic heterocycles. The van der Waals surface area contributed by atoms with Gasteiger partial charge in [0.2, 0.25) is 5.89 Å². The largest absolute Gasteiger partial charge is 0.507 e. The number of benzene rings is 2. The molecule has 2 aromatic heterocycles. The number of oxazole rings is 1. The van der Waals surface area contributed by atoms with Crippen LogP contribution in [0.5, 0.6) is 5.75 Å². The lowest BCUT2D eigenvalue weighted by molar-refractivity contribution is 0.0500. The Morgan fingerprint density at radius 1 is 1.19 bits per heavy atom. The summed E-state index contributed by atoms with van der Waals surface area (Å²) in [6, 6.07) is 12.1. The molecule has 0 spiro atoms. The van der Waals surface area contributed by atoms with Crippen LogP contribution in [0.1, 0.15) is 30.1 Å². The second-order valence-electron chi connectivity index (χ2n) is 6.26. The number of hydrogen-bond donors (Lipinski definition) is 1. The molecule has 27 heavy (non-hydrogen) atoms. The third-order valence-corrected chi connectivity index (χ3v) is 4.32. The van der Waals surface area contributed by atoms with Crippen LogP contribution in [0.4, 0.5) is 0 Å². The van der Waals surface area contributed by atoms with Crippen molar-refractivity contribution < 1.29 is 19.1 Å². The van der Waals surface area contributed by atoms with Crippen molar-refractivity contribution in [2.24, 2.45) is 0 Å². The number of phenolic OH excluding ortho intramolecular Hbond substituents is 1. The first-order valence-electron chi connectivity index (χ1n) is 8.81. The Hall–Kier alpha value is -3.41. The van der Waals surface area contributed by atoms with Crippen LogP contribution < -0.4 is 0 Å². The van der Waals surface area contributed by atoms with Gasteiger partial charge < -0.3 is 14.3 Å². The molecule has 2 heterocycles. The van der Waals surface area contributed by atoms with Gasteiger partial charge in [-0.1, -0.05) is 19.4 Å². The second-order valence-corrected chi connectivity index (χ2v) is 6.26. The van der Waals surface area contributed by atoms with Crippen LogP contribution in [-0.4, -0.2) is 27.7 Å². The van der Waals surface area contributed by atoms with E-state index in [0.717, 1.165) is 23.6 Å². The minimum absolute atomic E-state index is 0.0485. The maximum atomic E-state index is 12.2. The van der Waals surface area contributed by atoms with Crippen LogP contribution in [0.15, 0.2) is 53.1 Å². The summed E-state index contributed by atoms with van der Waals surface area (Å²) >= 11 is 0. The van der Waals surface area contributed by atoms with Crippen molar-refractivity contribution in [2.45, 2.75) is 19.8 Å². The van der Waals surface area contributed by atoms with Crippen molar-refractivity contribution in [2.75, 3.05) is 6.61 Å². The van der Waals surface area contributed by atoms with Crippen LogP contribution in [0.3, 0.4) is 0 Å². The summed E-state index contributed by atoms with van der Waals surface area (Å²) in [7, 11) is 0. The molecule has 0 bridgehead atoms. The lowest BCUT2D eigenvalue weighted by Crippen LogP contribution is -2.06. The Bertz CT molecular complexity index is 1100. The quantitative estimate of drug-likeness (QED) is 0.409. The molecule has 6 heteroatoms. The zero-order valence-electron chi connectivity index (χ0n) is 14.8. The predicted octanol–water partition coefficient (Wildman–Crippen LogP) is 4.71. The van der Waals surface area contributed by atoms with E-state index in [9.17, 15) is 9.90 Å². The number of rotatable bonds is 5. The van der Waals surface area contributed by atoms with E-state index in [1.165, 1.54) is 0 Å². The van der Waals surface area contributed by atoms with E-state index < -0.39 is 0 Å². The van der Waals surface area contributed by atoms with Gasteiger partial charge in [0.1, 0.15) is 5.75 Å². The molecule has 0 aliphatic rings. The third kappa shape index (κ3) is 3.33. The molecule has 0 fully saturated rings. The normalized spacial score (nSPS) is 11.1. The van der Waals surface area contributed by atoms with Crippen LogP contribution in [0.2, 0.25) is 0 Å². The van der Waals surface area contributed by atoms with E-state index in [2.05, 4.69) is 9.97 Å². The van der Waals surface area contributed by atoms with Gasteiger partial charge in [0.05, 0.1) is 17.7 Å². The maximum absolute atomic E-state index is 12.2. The zero-order valence-corrected chi connectivity index (χ0v) is 14.8. The summed E-state index contributed by atoms with van der Waals surface area (Å²) in [5, 5.41) is 12.0. The zero-order chi connectivity index (χ0) is 18.8. The highest BCUT2D eigenvalue weighted by molar-refractivity contribution is 5.97. The fourth-order valence-electron chi connectivity index (χ4n) is 2.86. The van der Waals surface area contributed by atoms with E-state index >= 15 is 0 Å². The first-order valence-corrected chi connectivity index (χ1v) is 8.81. The molecular weight excluding hydrogens is 344 g/mol. The highest BCUT2D eigenvalue weighted by Gasteiger charge is 2.15. The maximum Gasteiger partial charge on any atom is 0.338 e. The Morgan fingerprint density at radius 2 is 2.07 bits per heavy atom. The molecule has 4 rings (SSSR count). The summed E-state index contributed by atoms with van der Waals surface area (Å²) in [4.78, 5) is 20.7. The molecule has 0 radical (unpaired) electrons. The van der Waals surface area contributed by atoms with Gasteiger partial charge in [-0.15, -0.1) is 0 Å². The number of esters is 1. The number of fused-ring (bicyclic) bond motifs is 2. The Morgan fingerprint density at radius 3 is 2.89 bits per heavy atom. The van der Waals surface area contributed by atoms with Crippen molar-refractivity contribution in [3.05, 3.63) is 54.2 Å². The number of nitrogens with zero attached hydrogens (tertiary/aromatic N) is 2. The van der Waals surface area contributed by atoms with Gasteiger partial charge in [-0.05, 0) is 53.6 Å². The first kappa shape index (κ1) is 17.0. The summed E-state index contributed by atoms with van der Waals surface area (Å²) < 4.78 is 11.0. The fraction of sp³-hybridized carbons (Fsp3) is 0.190. The number of pyridine rings is 1. The topological polar surface area (TPSA) is 85.5 Å². The summed E-state index contributed by atoms with van der Waals surface area (Å²) in [6.07, 6.45) is 3.43. The SMILES string of the molecule is CCCCOC(=O)c1ccc2cc(O)c(-c3nc4ncccc4o3)cc2c1. The number of aromatic hydroxyl groups is 1. The number of hydrogen-bond acceptors (Lipinski definition) is 6. The monoisotopic (exact) mass is 362 g/mol. The Labute approximate surface area is 155 Å². The molecule has 0 saturated carbocycles. The number of aromatic nitrogens is 2. The highest BCUT2D eigenvalue weighted by Crippen LogP contribution is 2.34. The van der Waals surface area contributed by atoms with E-state index in [1.807, 2.05) is 6.92 Å². The third-order valence-electron chi connectivity index (χ3n) is 4.32. The summed E-state index contributed by atoms with van der Waals surface area (Å²) in [6.45, 7) is 2.45. The minimum Gasteiger partial charge on any atom is -0.507 e. The van der Waals surface area contributed by atoms with Gasteiger partial charge in [0.25, 0.3) is 0 Å². The Kier molecular flexibility index (Phi) is 4.46. The number of carbonyl (C=O) groups is 1. The lowest BCUT2D eigenvalue weighted by atomic mass is 10.0. The van der Waals surface area contributed by atoms with E-state index in [4.69, 9.17) is 9.15 Å². The molecule has 0 aliphatic carbocycles. The van der Waals surface area contributed by atoms with Gasteiger partial charge in [0.15, 0.2) is 11.2 Å². The van der Waals surface area contributed by atoms with Crippen LogP contribution >= 0.6 is 0 Å². The smallest absolute Gasteiger partial charge is 0.338 e. The fourth-order valence-corrected chi connectivity index (χ4v) is 2.86. The molecule has 136 valence electrons. The molecule has 0 unspecified atom stereocenters. The van der Waals surface area contributed by atoms with E-state index in [1.54, 1.807) is 48.7 Å². The number of unbranched alkanes of at least 4 members (excludes halogenated alkanes) is 1. The lowest BCUT2D eigenvalue weighted by Gasteiger charge is -2.07. The highest BCUT2D eigenvalue weighted by atomic mass is 16.5. The molecule has 4 aromatic rings. The second kappa shape index (κ2) is 7.07. The van der Waals surface area contributed by atoms with Gasteiger partial charge in [-0.25, -0.2) is 9.78 Å². The number of phenols is 1. The van der Waals surface area contributed by atoms with Crippen molar-refractivity contribution in [3.8, 4) is 17.2 Å². The van der Waals surface area contributed by atoms with Crippen molar-refractivity contribution in [1.82, 2.24) is 9.97 Å². The molecule has 6 nitrogen and oxygen atoms in total. The van der Waals surface area contributed by atoms with Gasteiger partial charge in [-0.2, -0.15) is 4.98 Å². The van der Waals surface area contributed by atoms with Gasteiger partial charge in [-0.3, -0.25) is 0 Å². The van der Waals surface area contributed by atoms with Crippen molar-refractivity contribution in [1.29, 1.82) is 0 Å². The van der Waals surface area contributed by atoms with Gasteiger partial charge >= 0.3 is 5.97 Å². The summed E-state index contributed by atoms with van der Waals surface area (Å²) in [5.74, 6) is -0.0302. The standard InChI is InChI=1S/C21H18N2O4/c1-2-3-9-26-21(25)14-7-6-13-12-17(24)16(11-15(13)10-14)20-23-19-18(27-20)5-4-8-22-19/h4-8,10-12,24H,2-3,9H2,1H3. The average Bonchev–Trinajstić information content (AvgIpc) is 3.11. The van der Waals surface area contributed by atoms with Gasteiger partial charge in [0, 0.05) is 6.20 Å². The van der Waals surface area contributed by atoms with Crippen LogP contribution in [0, 0.1) is 0 Å². The molecule has 0 saturated heterocycles. The molecular formula is C21H18N2O4. The minimum atomic E-state index is -0.356. The van der Waals surface area contributed by atoms with Crippen LogP contribution in [-0.2, 0) is 4.74 Å². The van der Waals surface area contributed by atoms with Crippen LogP contribution in [0.25, 0.3) is 33.5 Å². The van der Waals surface area contributed by atoms with E-state index in [-0.39, 0.29) is 17.6 Å². The molecule has 0 atom stereocenters. The van der Waals surface area contributed by atoms with Crippen molar-refractivity contribution >= 4 is 28.0 Å². The predicted molar refractivity (Wildman–Crippen MR) is 102 cm³/mol.